The number of nitrogens with zero attached hydrogens (tertiary/aromatic N) is 4. The number of hydrogen-bond acceptors (Lipinski definition) is 5. The molecule has 6 nitrogen and oxygen atoms in total. The van der Waals surface area contributed by atoms with Crippen molar-refractivity contribution in [2.75, 3.05) is 24.6 Å². The van der Waals surface area contributed by atoms with Crippen LogP contribution in [0.4, 0.5) is 0 Å². The number of aromatic nitrogens is 3. The first-order chi connectivity index (χ1) is 14.3. The normalized spacial score (nSPS) is 22.5. The standard InChI is InChI=1S/C22H32N4O2S2/c1-17-3-5-18(6-4-17)7-8-19-9-12-25(13-10-19)16-26-22(29)24(2)21(23-26)20-11-14-30(27,28)15-20/h3-6,19-20H,7-16H2,1-2H3/t20-/m1/s1. The van der Waals surface area contributed by atoms with E-state index in [1.54, 1.807) is 0 Å². The maximum absolute atomic E-state index is 11.8. The molecule has 164 valence electrons. The zero-order valence-corrected chi connectivity index (χ0v) is 19.6. The van der Waals surface area contributed by atoms with Crippen LogP contribution >= 0.6 is 12.2 Å². The summed E-state index contributed by atoms with van der Waals surface area (Å²) in [4.78, 5) is 2.42. The number of hydrogen-bond donors (Lipinski definition) is 0. The van der Waals surface area contributed by atoms with Gasteiger partial charge in [-0.2, -0.15) is 5.10 Å². The van der Waals surface area contributed by atoms with Crippen molar-refractivity contribution in [2.45, 2.75) is 51.6 Å². The molecule has 2 aliphatic heterocycles. The van der Waals surface area contributed by atoms with Gasteiger partial charge in [0, 0.05) is 26.1 Å². The van der Waals surface area contributed by atoms with Crippen LogP contribution in [-0.2, 0) is 30.0 Å². The van der Waals surface area contributed by atoms with Gasteiger partial charge in [0.05, 0.1) is 18.2 Å². The van der Waals surface area contributed by atoms with Crippen molar-refractivity contribution in [1.29, 1.82) is 0 Å². The van der Waals surface area contributed by atoms with Crippen LogP contribution in [0.1, 0.15) is 48.6 Å². The molecular formula is C22H32N4O2S2. The van der Waals surface area contributed by atoms with Crippen molar-refractivity contribution in [3.05, 3.63) is 46.0 Å². The van der Waals surface area contributed by atoms with Crippen LogP contribution in [0.25, 0.3) is 0 Å². The van der Waals surface area contributed by atoms with Crippen LogP contribution in [0.3, 0.4) is 0 Å². The molecule has 0 N–H and O–H groups in total. The molecular weight excluding hydrogens is 416 g/mol. The molecule has 2 saturated heterocycles. The third-order valence-electron chi connectivity index (χ3n) is 6.68. The fourth-order valence-corrected chi connectivity index (χ4v) is 6.61. The van der Waals surface area contributed by atoms with Gasteiger partial charge in [0.15, 0.2) is 14.6 Å². The average molecular weight is 449 g/mol. The molecule has 0 unspecified atom stereocenters. The highest BCUT2D eigenvalue weighted by Crippen LogP contribution is 2.28. The van der Waals surface area contributed by atoms with Crippen molar-refractivity contribution < 1.29 is 8.42 Å². The molecule has 1 aromatic heterocycles. The van der Waals surface area contributed by atoms with Gasteiger partial charge in [-0.1, -0.05) is 29.8 Å². The molecule has 30 heavy (non-hydrogen) atoms. The highest BCUT2D eigenvalue weighted by molar-refractivity contribution is 7.91. The van der Waals surface area contributed by atoms with E-state index in [0.717, 1.165) is 31.3 Å². The molecule has 2 aliphatic rings. The summed E-state index contributed by atoms with van der Waals surface area (Å²) in [6.07, 6.45) is 5.47. The van der Waals surface area contributed by atoms with E-state index in [1.165, 1.54) is 30.4 Å². The van der Waals surface area contributed by atoms with Crippen molar-refractivity contribution in [1.82, 2.24) is 19.2 Å². The predicted octanol–water partition coefficient (Wildman–Crippen LogP) is 3.46. The molecule has 2 fully saturated rings. The summed E-state index contributed by atoms with van der Waals surface area (Å²) in [6, 6.07) is 8.90. The molecule has 0 aliphatic carbocycles. The fourth-order valence-electron chi connectivity index (χ4n) is 4.68. The molecule has 4 rings (SSSR count). The lowest BCUT2D eigenvalue weighted by atomic mass is 9.90. The van der Waals surface area contributed by atoms with Crippen LogP contribution in [0.5, 0.6) is 0 Å². The SMILES string of the molecule is Cc1ccc(CCC2CCN(Cn3nc([C@@H]4CCS(=O)(=O)C4)n(C)c3=S)CC2)cc1. The van der Waals surface area contributed by atoms with E-state index in [2.05, 4.69) is 36.1 Å². The van der Waals surface area contributed by atoms with Gasteiger partial charge in [0.2, 0.25) is 0 Å². The lowest BCUT2D eigenvalue weighted by Crippen LogP contribution is -2.35. The van der Waals surface area contributed by atoms with Crippen LogP contribution in [0.2, 0.25) is 0 Å². The average Bonchev–Trinajstić information content (AvgIpc) is 3.22. The van der Waals surface area contributed by atoms with Crippen molar-refractivity contribution in [3.63, 3.8) is 0 Å². The van der Waals surface area contributed by atoms with Gasteiger partial charge in [0.1, 0.15) is 5.82 Å². The van der Waals surface area contributed by atoms with Gasteiger partial charge in [-0.15, -0.1) is 0 Å². The van der Waals surface area contributed by atoms with Crippen LogP contribution < -0.4 is 0 Å². The molecule has 0 saturated carbocycles. The lowest BCUT2D eigenvalue weighted by molar-refractivity contribution is 0.136. The van der Waals surface area contributed by atoms with Crippen LogP contribution in [-0.4, -0.2) is 52.3 Å². The quantitative estimate of drug-likeness (QED) is 0.634. The molecule has 0 amide bonds. The molecule has 2 aromatic rings. The Labute approximate surface area is 184 Å². The number of sulfone groups is 1. The summed E-state index contributed by atoms with van der Waals surface area (Å²) in [5.74, 6) is 2.01. The minimum Gasteiger partial charge on any atom is -0.307 e. The van der Waals surface area contributed by atoms with Gasteiger partial charge in [-0.3, -0.25) is 4.90 Å². The summed E-state index contributed by atoms with van der Waals surface area (Å²) >= 11 is 5.59. The fraction of sp³-hybridized carbons (Fsp3) is 0.636. The van der Waals surface area contributed by atoms with E-state index in [-0.39, 0.29) is 17.4 Å². The first-order valence-corrected chi connectivity index (χ1v) is 13.2. The van der Waals surface area contributed by atoms with Crippen LogP contribution in [0, 0.1) is 17.6 Å². The van der Waals surface area contributed by atoms with E-state index < -0.39 is 9.84 Å². The molecule has 0 spiro atoms. The monoisotopic (exact) mass is 448 g/mol. The first kappa shape index (κ1) is 21.7. The zero-order valence-electron chi connectivity index (χ0n) is 18.0. The Balaban J connectivity index is 1.30. The molecule has 0 bridgehead atoms. The predicted molar refractivity (Wildman–Crippen MR) is 122 cm³/mol. The zero-order chi connectivity index (χ0) is 21.3. The van der Waals surface area contributed by atoms with E-state index >= 15 is 0 Å². The third kappa shape index (κ3) is 5.03. The van der Waals surface area contributed by atoms with Gasteiger partial charge in [-0.05, 0) is 62.7 Å². The smallest absolute Gasteiger partial charge is 0.198 e. The van der Waals surface area contributed by atoms with E-state index in [0.29, 0.717) is 17.9 Å². The minimum absolute atomic E-state index is 0.0320. The number of benzene rings is 1. The highest BCUT2D eigenvalue weighted by Gasteiger charge is 2.32. The Hall–Kier alpha value is -1.51. The second-order valence-corrected chi connectivity index (χ2v) is 11.6. The largest absolute Gasteiger partial charge is 0.307 e. The third-order valence-corrected chi connectivity index (χ3v) is 8.93. The Bertz CT molecular complexity index is 1030. The molecule has 3 heterocycles. The number of likely N-dealkylation sites (tertiary alicyclic amines) is 1. The highest BCUT2D eigenvalue weighted by atomic mass is 32.2. The van der Waals surface area contributed by atoms with Gasteiger partial charge in [0.25, 0.3) is 0 Å². The van der Waals surface area contributed by atoms with Gasteiger partial charge < -0.3 is 4.57 Å². The lowest BCUT2D eigenvalue weighted by Gasteiger charge is -2.31. The molecule has 1 aromatic carbocycles. The van der Waals surface area contributed by atoms with E-state index in [1.807, 2.05) is 16.3 Å². The number of rotatable bonds is 6. The Kier molecular flexibility index (Phi) is 6.46. The number of piperidine rings is 1. The number of aryl methyl sites for hydroxylation is 2. The summed E-state index contributed by atoms with van der Waals surface area (Å²) < 4.78 is 28.1. The van der Waals surface area contributed by atoms with Crippen molar-refractivity contribution >= 4 is 22.1 Å². The van der Waals surface area contributed by atoms with E-state index in [9.17, 15) is 8.42 Å². The van der Waals surface area contributed by atoms with Gasteiger partial charge in [-0.25, -0.2) is 13.1 Å². The van der Waals surface area contributed by atoms with E-state index in [4.69, 9.17) is 17.3 Å². The summed E-state index contributed by atoms with van der Waals surface area (Å²) in [7, 11) is -1.03. The molecule has 0 radical (unpaired) electrons. The minimum atomic E-state index is -2.93. The molecule has 8 heteroatoms. The topological polar surface area (TPSA) is 60.1 Å². The van der Waals surface area contributed by atoms with Gasteiger partial charge >= 0.3 is 0 Å². The second kappa shape index (κ2) is 8.93. The van der Waals surface area contributed by atoms with Crippen molar-refractivity contribution in [3.8, 4) is 0 Å². The summed E-state index contributed by atoms with van der Waals surface area (Å²) in [6.45, 7) is 4.94. The Morgan fingerprint density at radius 3 is 2.47 bits per heavy atom. The maximum atomic E-state index is 11.8. The Morgan fingerprint density at radius 2 is 1.83 bits per heavy atom. The maximum Gasteiger partial charge on any atom is 0.198 e. The summed E-state index contributed by atoms with van der Waals surface area (Å²) in [5, 5.41) is 4.72. The van der Waals surface area contributed by atoms with Crippen molar-refractivity contribution in [2.24, 2.45) is 13.0 Å². The Morgan fingerprint density at radius 1 is 1.13 bits per heavy atom. The van der Waals surface area contributed by atoms with Crippen LogP contribution in [0.15, 0.2) is 24.3 Å². The first-order valence-electron chi connectivity index (χ1n) is 10.9. The molecule has 1 atom stereocenters. The second-order valence-electron chi connectivity index (χ2n) is 9.03. The summed E-state index contributed by atoms with van der Waals surface area (Å²) in [5.41, 5.74) is 2.75.